The predicted octanol–water partition coefficient (Wildman–Crippen LogP) is 6.76. The number of hydrogen-bond donors (Lipinski definition) is 1. The molecule has 0 unspecified atom stereocenters. The Morgan fingerprint density at radius 2 is 1.24 bits per heavy atom. The summed E-state index contributed by atoms with van der Waals surface area (Å²) in [7, 11) is 2.43. The van der Waals surface area contributed by atoms with Crippen LogP contribution in [0.3, 0.4) is 0 Å². The maximum absolute atomic E-state index is 12.4. The van der Waals surface area contributed by atoms with Crippen LogP contribution in [0.1, 0.15) is 63.0 Å². The number of amides is 1. The average Bonchev–Trinajstić information content (AvgIpc) is 2.94. The van der Waals surface area contributed by atoms with Crippen molar-refractivity contribution in [3.05, 3.63) is 115 Å². The maximum atomic E-state index is 12.4. The van der Waals surface area contributed by atoms with E-state index in [2.05, 4.69) is 78.2 Å². The first-order valence-corrected chi connectivity index (χ1v) is 13.3. The first-order valence-electron chi connectivity index (χ1n) is 13.3. The summed E-state index contributed by atoms with van der Waals surface area (Å²) < 4.78 is 0. The van der Waals surface area contributed by atoms with Crippen molar-refractivity contribution in [3.8, 4) is 0 Å². The number of piperidine rings is 1. The number of nitrogens with one attached hydrogen (secondary N) is 1. The van der Waals surface area contributed by atoms with E-state index in [0.29, 0.717) is 12.2 Å². The number of carbonyl (C=O) groups excluding carboxylic acids is 1. The van der Waals surface area contributed by atoms with Gasteiger partial charge in [0.2, 0.25) is 5.91 Å². The molecule has 0 aromatic heterocycles. The first kappa shape index (κ1) is 35.3. The zero-order valence-electron chi connectivity index (χ0n) is 23.6. The normalized spacial score (nSPS) is 12.9. The van der Waals surface area contributed by atoms with Crippen LogP contribution in [-0.2, 0) is 43.9 Å². The summed E-state index contributed by atoms with van der Waals surface area (Å²) in [6.45, 7) is 10.0. The fourth-order valence-electron chi connectivity index (χ4n) is 4.36. The molecule has 1 heterocycles. The average molecular weight is 573 g/mol. The van der Waals surface area contributed by atoms with Crippen molar-refractivity contribution in [2.75, 3.05) is 19.5 Å². The monoisotopic (exact) mass is 573 g/mol. The number of nitrogens with zero attached hydrogens (tertiary/aromatic N) is 1. The van der Waals surface area contributed by atoms with E-state index in [9.17, 15) is 4.79 Å². The minimum absolute atomic E-state index is 0. The van der Waals surface area contributed by atoms with Gasteiger partial charge in [-0.25, -0.2) is 0 Å². The smallest absolute Gasteiger partial charge is 0.224 e. The predicted molar refractivity (Wildman–Crippen MR) is 157 cm³/mol. The van der Waals surface area contributed by atoms with Crippen LogP contribution in [0.15, 0.2) is 91.0 Å². The van der Waals surface area contributed by atoms with Gasteiger partial charge in [0.25, 0.3) is 0 Å². The van der Waals surface area contributed by atoms with Gasteiger partial charge in [0.05, 0.1) is 6.42 Å². The van der Waals surface area contributed by atoms with E-state index in [1.165, 1.54) is 11.1 Å². The first-order chi connectivity index (χ1) is 17.3. The summed E-state index contributed by atoms with van der Waals surface area (Å²) >= 11 is 0. The number of benzene rings is 3. The molecular formula is C32H45BN2OY-. The Balaban J connectivity index is 0.00000206. The fraction of sp³-hybridized carbons (Fsp3) is 0.375. The number of likely N-dealkylation sites (tertiary alicyclic amines) is 1. The van der Waals surface area contributed by atoms with Crippen LogP contribution >= 0.6 is 0 Å². The van der Waals surface area contributed by atoms with Gasteiger partial charge in [-0.2, -0.15) is 0 Å². The van der Waals surface area contributed by atoms with Crippen molar-refractivity contribution in [1.82, 2.24) is 10.2 Å². The third kappa shape index (κ3) is 12.6. The summed E-state index contributed by atoms with van der Waals surface area (Å²) in [6, 6.07) is 31.7. The second-order valence-corrected chi connectivity index (χ2v) is 8.34. The van der Waals surface area contributed by atoms with E-state index in [4.69, 9.17) is 0 Å². The van der Waals surface area contributed by atoms with Crippen molar-refractivity contribution in [2.24, 2.45) is 0 Å². The van der Waals surface area contributed by atoms with E-state index in [1.54, 1.807) is 0 Å². The van der Waals surface area contributed by atoms with E-state index < -0.39 is 0 Å². The molecule has 3 nitrogen and oxygen atoms in total. The molecule has 0 aliphatic carbocycles. The van der Waals surface area contributed by atoms with Gasteiger partial charge in [-0.3, -0.25) is 4.79 Å². The van der Waals surface area contributed by atoms with E-state index in [0.717, 1.165) is 37.9 Å². The van der Waals surface area contributed by atoms with Gasteiger partial charge < -0.3 is 17.6 Å². The topological polar surface area (TPSA) is 32.3 Å². The zero-order valence-corrected chi connectivity index (χ0v) is 26.4. The molecule has 1 aliphatic heterocycles. The molecule has 1 amide bonds. The molecule has 37 heavy (non-hydrogen) atoms. The summed E-state index contributed by atoms with van der Waals surface area (Å²) in [5, 5.41) is 3.23. The molecule has 1 saturated heterocycles. The van der Waals surface area contributed by atoms with E-state index >= 15 is 0 Å². The molecule has 1 aliphatic rings. The number of carbonyl (C=O) groups is 1. The van der Waals surface area contributed by atoms with Crippen LogP contribution in [0.2, 0.25) is 0 Å². The molecule has 1 fully saturated rings. The second kappa shape index (κ2) is 21.2. The van der Waals surface area contributed by atoms with Gasteiger partial charge in [-0.15, -0.1) is 0 Å². The Bertz CT molecular complexity index is 893. The van der Waals surface area contributed by atoms with Gasteiger partial charge >= 0.3 is 0 Å². The van der Waals surface area contributed by atoms with Crippen LogP contribution in [0.4, 0.5) is 0 Å². The third-order valence-corrected chi connectivity index (χ3v) is 6.08. The largest absolute Gasteiger partial charge is 0.358 e. The Morgan fingerprint density at radius 1 is 0.811 bits per heavy atom. The molecule has 3 aromatic rings. The van der Waals surface area contributed by atoms with Gasteiger partial charge in [0.1, 0.15) is 7.28 Å². The van der Waals surface area contributed by atoms with Crippen molar-refractivity contribution in [2.45, 2.75) is 58.8 Å². The van der Waals surface area contributed by atoms with Crippen LogP contribution in [0, 0.1) is 7.43 Å². The summed E-state index contributed by atoms with van der Waals surface area (Å²) in [6.07, 6.45) is 3.44. The second-order valence-electron chi connectivity index (χ2n) is 8.34. The van der Waals surface area contributed by atoms with E-state index in [-0.39, 0.29) is 52.1 Å². The minimum atomic E-state index is 0. The minimum Gasteiger partial charge on any atom is -0.358 e. The third-order valence-electron chi connectivity index (χ3n) is 6.08. The van der Waals surface area contributed by atoms with Crippen LogP contribution in [0.5, 0.6) is 0 Å². The molecule has 0 spiro atoms. The SMILES string of the molecule is CC.CC.O=C(Cc1ccccc1)NC1CCN(C[B]C(c2ccccc2)c2ccccc2)CC1.[CH3-].[Y]. The Morgan fingerprint density at radius 3 is 1.70 bits per heavy atom. The standard InChI is InChI=1S/C27H30BN2O.2C2H6.CH3.Y/c31-26(20-22-10-4-1-5-11-22)29-25-16-18-30(19-17-25)21-28-27(23-12-6-2-7-13-23)24-14-8-3-9-15-24;2*1-2;;/h1-15,25,27H,16-21H2,(H,29,31);2*1-2H3;1H3;/q;;;-1;. The molecular weight excluding hydrogens is 528 g/mol. The molecule has 3 aromatic carbocycles. The zero-order chi connectivity index (χ0) is 25.3. The molecule has 5 heteroatoms. The molecule has 4 rings (SSSR count). The summed E-state index contributed by atoms with van der Waals surface area (Å²) in [5.41, 5.74) is 3.73. The number of rotatable bonds is 8. The number of hydrogen-bond acceptors (Lipinski definition) is 2. The fourth-order valence-corrected chi connectivity index (χ4v) is 4.36. The van der Waals surface area contributed by atoms with Crippen molar-refractivity contribution in [1.29, 1.82) is 0 Å². The van der Waals surface area contributed by atoms with E-state index in [1.807, 2.05) is 58.0 Å². The quantitative estimate of drug-likeness (QED) is 0.239. The van der Waals surface area contributed by atoms with Crippen LogP contribution in [-0.4, -0.2) is 43.7 Å². The summed E-state index contributed by atoms with van der Waals surface area (Å²) in [4.78, 5) is 14.9. The van der Waals surface area contributed by atoms with Gasteiger partial charge in [0.15, 0.2) is 0 Å². The van der Waals surface area contributed by atoms with Crippen LogP contribution < -0.4 is 5.32 Å². The Kier molecular flexibility index (Phi) is 20.2. The molecule has 0 atom stereocenters. The molecule has 2 radical (unpaired) electrons. The van der Waals surface area contributed by atoms with Gasteiger partial charge in [0, 0.05) is 38.8 Å². The summed E-state index contributed by atoms with van der Waals surface area (Å²) in [5.74, 6) is 0.426. The molecule has 0 bridgehead atoms. The molecule has 196 valence electrons. The van der Waals surface area contributed by atoms with Gasteiger partial charge in [-0.05, 0) is 54.9 Å². The molecule has 1 N–H and O–H groups in total. The molecule has 0 saturated carbocycles. The maximum Gasteiger partial charge on any atom is 0.224 e. The Hall–Kier alpha value is -1.74. The Labute approximate surface area is 253 Å². The van der Waals surface area contributed by atoms with Crippen LogP contribution in [0.25, 0.3) is 0 Å². The van der Waals surface area contributed by atoms with Gasteiger partial charge in [-0.1, -0.05) is 119 Å². The van der Waals surface area contributed by atoms with Crippen molar-refractivity contribution < 1.29 is 37.5 Å². The van der Waals surface area contributed by atoms with Crippen molar-refractivity contribution >= 4 is 13.2 Å². The van der Waals surface area contributed by atoms with Crippen molar-refractivity contribution in [3.63, 3.8) is 0 Å².